The van der Waals surface area contributed by atoms with Crippen LogP contribution in [0.1, 0.15) is 25.3 Å². The molecule has 0 aliphatic heterocycles. The molecule has 0 bridgehead atoms. The summed E-state index contributed by atoms with van der Waals surface area (Å²) in [5.41, 5.74) is 1.51. The van der Waals surface area contributed by atoms with Gasteiger partial charge in [-0.15, -0.1) is 0 Å². The highest BCUT2D eigenvalue weighted by Gasteiger charge is 2.14. The molecule has 0 aromatic carbocycles. The number of carboxylic acid groups (broad SMARTS) is 1. The van der Waals surface area contributed by atoms with E-state index in [9.17, 15) is 9.59 Å². The maximum atomic E-state index is 11.7. The lowest BCUT2D eigenvalue weighted by atomic mass is 10.1. The van der Waals surface area contributed by atoms with Crippen LogP contribution in [0.3, 0.4) is 0 Å². The molecule has 0 spiro atoms. The Hall–Kier alpha value is -2.11. The van der Waals surface area contributed by atoms with Crippen molar-refractivity contribution in [3.8, 4) is 0 Å². The Balaban J connectivity index is 2.55. The number of carbonyl (C=O) groups is 2. The minimum absolute atomic E-state index is 0.0874. The number of nitrogens with one attached hydrogen (secondary N) is 2. The van der Waals surface area contributed by atoms with Gasteiger partial charge in [0, 0.05) is 12.2 Å². The number of aromatic nitrogens is 1. The number of carbonyl (C=O) groups excluding carboxylic acids is 1. The molecular formula is C12H17N3O3. The van der Waals surface area contributed by atoms with Gasteiger partial charge in [-0.1, -0.05) is 6.92 Å². The van der Waals surface area contributed by atoms with E-state index in [-0.39, 0.29) is 12.5 Å². The van der Waals surface area contributed by atoms with Crippen molar-refractivity contribution in [3.63, 3.8) is 0 Å². The molecule has 2 amide bonds. The van der Waals surface area contributed by atoms with E-state index < -0.39 is 12.0 Å². The van der Waals surface area contributed by atoms with Gasteiger partial charge in [-0.3, -0.25) is 9.78 Å². The third kappa shape index (κ3) is 4.40. The zero-order valence-electron chi connectivity index (χ0n) is 10.4. The second-order valence-corrected chi connectivity index (χ2v) is 3.99. The van der Waals surface area contributed by atoms with E-state index in [0.717, 1.165) is 5.56 Å². The van der Waals surface area contributed by atoms with Crippen molar-refractivity contribution in [3.05, 3.63) is 24.0 Å². The van der Waals surface area contributed by atoms with Gasteiger partial charge in [0.1, 0.15) is 0 Å². The molecule has 0 radical (unpaired) electrons. The fraction of sp³-hybridized carbons (Fsp3) is 0.417. The Kier molecular flexibility index (Phi) is 5.10. The second-order valence-electron chi connectivity index (χ2n) is 3.99. The van der Waals surface area contributed by atoms with Crippen molar-refractivity contribution >= 4 is 17.7 Å². The monoisotopic (exact) mass is 251 g/mol. The number of urea groups is 1. The van der Waals surface area contributed by atoms with E-state index in [4.69, 9.17) is 5.11 Å². The van der Waals surface area contributed by atoms with Crippen LogP contribution in [-0.4, -0.2) is 28.1 Å². The van der Waals surface area contributed by atoms with Crippen LogP contribution in [-0.2, 0) is 4.79 Å². The first-order valence-electron chi connectivity index (χ1n) is 5.72. The van der Waals surface area contributed by atoms with Crippen LogP contribution in [0.25, 0.3) is 0 Å². The number of aryl methyl sites for hydroxylation is 1. The highest BCUT2D eigenvalue weighted by atomic mass is 16.4. The lowest BCUT2D eigenvalue weighted by Gasteiger charge is -2.16. The predicted octanol–water partition coefficient (Wildman–Crippen LogP) is 1.76. The van der Waals surface area contributed by atoms with Crippen molar-refractivity contribution in [2.24, 2.45) is 0 Å². The average molecular weight is 251 g/mol. The predicted molar refractivity (Wildman–Crippen MR) is 67.5 cm³/mol. The van der Waals surface area contributed by atoms with Gasteiger partial charge in [-0.05, 0) is 25.0 Å². The molecule has 1 heterocycles. The summed E-state index contributed by atoms with van der Waals surface area (Å²) in [6.45, 7) is 3.68. The van der Waals surface area contributed by atoms with Crippen molar-refractivity contribution < 1.29 is 14.7 Å². The first-order valence-corrected chi connectivity index (χ1v) is 5.72. The molecule has 0 saturated heterocycles. The van der Waals surface area contributed by atoms with E-state index >= 15 is 0 Å². The number of aliphatic carboxylic acids is 1. The summed E-state index contributed by atoms with van der Waals surface area (Å²) in [6.07, 6.45) is 3.66. The molecule has 6 nitrogen and oxygen atoms in total. The first-order chi connectivity index (χ1) is 8.52. The largest absolute Gasteiger partial charge is 0.481 e. The molecule has 1 aromatic rings. The smallest absolute Gasteiger partial charge is 0.319 e. The Labute approximate surface area is 105 Å². The van der Waals surface area contributed by atoms with Crippen molar-refractivity contribution in [1.29, 1.82) is 0 Å². The summed E-state index contributed by atoms with van der Waals surface area (Å²) in [7, 11) is 0. The molecule has 1 aromatic heterocycles. The Morgan fingerprint density at radius 2 is 2.22 bits per heavy atom. The number of rotatable bonds is 5. The Bertz CT molecular complexity index is 434. The molecule has 6 heteroatoms. The third-order valence-electron chi connectivity index (χ3n) is 2.54. The van der Waals surface area contributed by atoms with E-state index in [0.29, 0.717) is 12.1 Å². The van der Waals surface area contributed by atoms with E-state index in [1.54, 1.807) is 18.5 Å². The van der Waals surface area contributed by atoms with Crippen LogP contribution >= 0.6 is 0 Å². The van der Waals surface area contributed by atoms with Crippen LogP contribution in [0.5, 0.6) is 0 Å². The number of hydrogen-bond acceptors (Lipinski definition) is 3. The van der Waals surface area contributed by atoms with E-state index in [1.807, 2.05) is 13.8 Å². The molecular weight excluding hydrogens is 234 g/mol. The zero-order valence-corrected chi connectivity index (χ0v) is 10.4. The maximum absolute atomic E-state index is 11.7. The van der Waals surface area contributed by atoms with Crippen LogP contribution in [0.15, 0.2) is 18.5 Å². The summed E-state index contributed by atoms with van der Waals surface area (Å²) >= 11 is 0. The molecule has 1 rings (SSSR count). The fourth-order valence-corrected chi connectivity index (χ4v) is 1.45. The summed E-state index contributed by atoms with van der Waals surface area (Å²) in [4.78, 5) is 26.2. The molecule has 1 atom stereocenters. The number of hydrogen-bond donors (Lipinski definition) is 3. The van der Waals surface area contributed by atoms with Gasteiger partial charge in [-0.25, -0.2) is 4.79 Å². The zero-order chi connectivity index (χ0) is 13.5. The minimum atomic E-state index is -0.931. The lowest BCUT2D eigenvalue weighted by Crippen LogP contribution is -2.39. The standard InChI is InChI=1S/C12H17N3O3/c1-3-9(6-11(16)17)14-12(18)15-10-7-13-5-4-8(10)2/h4-5,7,9H,3,6H2,1-2H3,(H,16,17)(H2,14,15,18). The molecule has 0 aliphatic rings. The van der Waals surface area contributed by atoms with Crippen LogP contribution in [0.2, 0.25) is 0 Å². The van der Waals surface area contributed by atoms with Gasteiger partial charge in [-0.2, -0.15) is 0 Å². The quantitative estimate of drug-likeness (QED) is 0.743. The molecule has 18 heavy (non-hydrogen) atoms. The molecule has 0 fully saturated rings. The van der Waals surface area contributed by atoms with Crippen molar-refractivity contribution in [2.75, 3.05) is 5.32 Å². The number of nitrogens with zero attached hydrogens (tertiary/aromatic N) is 1. The van der Waals surface area contributed by atoms with Crippen LogP contribution in [0.4, 0.5) is 10.5 Å². The molecule has 1 unspecified atom stereocenters. The number of pyridine rings is 1. The topological polar surface area (TPSA) is 91.3 Å². The average Bonchev–Trinajstić information content (AvgIpc) is 2.30. The SMILES string of the molecule is CCC(CC(=O)O)NC(=O)Nc1cnccc1C. The highest BCUT2D eigenvalue weighted by molar-refractivity contribution is 5.90. The molecule has 0 saturated carbocycles. The van der Waals surface area contributed by atoms with Crippen molar-refractivity contribution in [1.82, 2.24) is 10.3 Å². The van der Waals surface area contributed by atoms with Gasteiger partial charge in [0.05, 0.1) is 18.3 Å². The molecule has 98 valence electrons. The van der Waals surface area contributed by atoms with Gasteiger partial charge in [0.2, 0.25) is 0 Å². The summed E-state index contributed by atoms with van der Waals surface area (Å²) in [5, 5.41) is 13.9. The van der Waals surface area contributed by atoms with Gasteiger partial charge < -0.3 is 15.7 Å². The van der Waals surface area contributed by atoms with Gasteiger partial charge >= 0.3 is 12.0 Å². The summed E-state index contributed by atoms with van der Waals surface area (Å²) in [5.74, 6) is -0.931. The third-order valence-corrected chi connectivity index (χ3v) is 2.54. The lowest BCUT2D eigenvalue weighted by molar-refractivity contribution is -0.137. The summed E-state index contributed by atoms with van der Waals surface area (Å²) < 4.78 is 0. The number of carboxylic acids is 1. The Morgan fingerprint density at radius 3 is 2.78 bits per heavy atom. The van der Waals surface area contributed by atoms with E-state index in [1.165, 1.54) is 0 Å². The van der Waals surface area contributed by atoms with E-state index in [2.05, 4.69) is 15.6 Å². The minimum Gasteiger partial charge on any atom is -0.481 e. The maximum Gasteiger partial charge on any atom is 0.319 e. The highest BCUT2D eigenvalue weighted by Crippen LogP contribution is 2.11. The second kappa shape index (κ2) is 6.58. The Morgan fingerprint density at radius 1 is 1.50 bits per heavy atom. The molecule has 3 N–H and O–H groups in total. The first kappa shape index (κ1) is 14.0. The number of amides is 2. The van der Waals surface area contributed by atoms with Gasteiger partial charge in [0.25, 0.3) is 0 Å². The number of anilines is 1. The normalized spacial score (nSPS) is 11.7. The molecule has 0 aliphatic carbocycles. The fourth-order valence-electron chi connectivity index (χ4n) is 1.45. The van der Waals surface area contributed by atoms with Crippen LogP contribution in [0, 0.1) is 6.92 Å². The van der Waals surface area contributed by atoms with Gasteiger partial charge in [0.15, 0.2) is 0 Å². The summed E-state index contributed by atoms with van der Waals surface area (Å²) in [6, 6.07) is 0.989. The van der Waals surface area contributed by atoms with Crippen LogP contribution < -0.4 is 10.6 Å². The van der Waals surface area contributed by atoms with Crippen molar-refractivity contribution in [2.45, 2.75) is 32.7 Å².